The minimum Gasteiger partial charge on any atom is -0.491 e. The summed E-state index contributed by atoms with van der Waals surface area (Å²) in [6.07, 6.45) is 3.57. The number of hydrogen-bond donors (Lipinski definition) is 1. The Hall–Kier alpha value is -4.47. The topological polar surface area (TPSA) is 113 Å². The molecule has 10 nitrogen and oxygen atoms in total. The smallest absolute Gasteiger partial charge is 0.354 e. The van der Waals surface area contributed by atoms with Gasteiger partial charge < -0.3 is 19.6 Å². The van der Waals surface area contributed by atoms with E-state index in [0.29, 0.717) is 36.9 Å². The SMILES string of the molecule is Cc1cc(OC[C@H](C)c2ccccc2)cn2nc(C(=O)N3CCC4(CCN(c5cccc(C(=O)O)n5)C4)C3)nc12. The van der Waals surface area contributed by atoms with Gasteiger partial charge in [-0.3, -0.25) is 4.79 Å². The minimum atomic E-state index is -1.04. The van der Waals surface area contributed by atoms with Crippen LogP contribution in [0.3, 0.4) is 0 Å². The lowest BCUT2D eigenvalue weighted by molar-refractivity contribution is 0.0689. The standard InChI is InChI=1S/C30H32N6O4/c1-20-15-23(40-17-21(2)22-7-4-3-5-8-22)16-36-27(20)32-26(33-36)28(37)35-14-12-30(19-35)11-13-34(18-30)25-10-6-9-24(31-25)29(38)39/h3-10,15-16,21H,11-14,17-19H2,1-2H3,(H,38,39)/t21-,30?/m0/s1. The fourth-order valence-corrected chi connectivity index (χ4v) is 5.82. The minimum absolute atomic E-state index is 0.0363. The van der Waals surface area contributed by atoms with E-state index in [1.54, 1.807) is 16.8 Å². The number of carboxylic acids is 1. The molecule has 0 bridgehead atoms. The number of carbonyl (C=O) groups is 2. The number of fused-ring (bicyclic) bond motifs is 1. The van der Waals surface area contributed by atoms with Crippen molar-refractivity contribution in [3.8, 4) is 5.75 Å². The largest absolute Gasteiger partial charge is 0.491 e. The lowest BCUT2D eigenvalue weighted by atomic mass is 9.86. The number of benzene rings is 1. The number of pyridine rings is 2. The summed E-state index contributed by atoms with van der Waals surface area (Å²) in [6, 6.07) is 17.2. The van der Waals surface area contributed by atoms with Gasteiger partial charge in [0.05, 0.1) is 12.8 Å². The number of carbonyl (C=O) groups excluding carboxylic acids is 1. The van der Waals surface area contributed by atoms with E-state index >= 15 is 0 Å². The van der Waals surface area contributed by atoms with E-state index in [9.17, 15) is 14.7 Å². The average molecular weight is 541 g/mol. The van der Waals surface area contributed by atoms with Gasteiger partial charge >= 0.3 is 5.97 Å². The van der Waals surface area contributed by atoms with Gasteiger partial charge in [0, 0.05) is 37.5 Å². The molecule has 10 heteroatoms. The molecule has 1 spiro atoms. The Morgan fingerprint density at radius 3 is 2.65 bits per heavy atom. The fraction of sp³-hybridized carbons (Fsp3) is 0.367. The maximum atomic E-state index is 13.5. The van der Waals surface area contributed by atoms with Crippen LogP contribution in [0.2, 0.25) is 0 Å². The predicted molar refractivity (Wildman–Crippen MR) is 149 cm³/mol. The second-order valence-corrected chi connectivity index (χ2v) is 11.0. The van der Waals surface area contributed by atoms with Crippen molar-refractivity contribution in [1.29, 1.82) is 0 Å². The van der Waals surface area contributed by atoms with Crippen LogP contribution in [0.25, 0.3) is 5.65 Å². The summed E-state index contributed by atoms with van der Waals surface area (Å²) in [4.78, 5) is 37.6. The molecule has 2 saturated heterocycles. The van der Waals surface area contributed by atoms with Crippen LogP contribution in [0.5, 0.6) is 5.75 Å². The number of hydrogen-bond acceptors (Lipinski definition) is 7. The number of aryl methyl sites for hydroxylation is 1. The van der Waals surface area contributed by atoms with E-state index in [1.807, 2.05) is 42.2 Å². The summed E-state index contributed by atoms with van der Waals surface area (Å²) in [5, 5.41) is 13.8. The molecule has 0 saturated carbocycles. The van der Waals surface area contributed by atoms with Crippen LogP contribution in [0.4, 0.5) is 5.82 Å². The zero-order valence-corrected chi connectivity index (χ0v) is 22.7. The van der Waals surface area contributed by atoms with E-state index in [1.165, 1.54) is 11.6 Å². The third-order valence-electron chi connectivity index (χ3n) is 8.09. The number of carboxylic acid groups (broad SMARTS) is 1. The van der Waals surface area contributed by atoms with Crippen LogP contribution in [0, 0.1) is 12.3 Å². The molecule has 2 aliphatic heterocycles. The van der Waals surface area contributed by atoms with Crippen LogP contribution < -0.4 is 9.64 Å². The van der Waals surface area contributed by atoms with E-state index < -0.39 is 5.97 Å². The van der Waals surface area contributed by atoms with Crippen LogP contribution in [-0.2, 0) is 0 Å². The van der Waals surface area contributed by atoms with Gasteiger partial charge in [0.15, 0.2) is 11.3 Å². The molecular weight excluding hydrogens is 508 g/mol. The van der Waals surface area contributed by atoms with Crippen molar-refractivity contribution >= 4 is 23.3 Å². The van der Waals surface area contributed by atoms with Crippen LogP contribution in [-0.4, -0.2) is 74.3 Å². The van der Waals surface area contributed by atoms with Crippen molar-refractivity contribution < 1.29 is 19.4 Å². The maximum Gasteiger partial charge on any atom is 0.354 e. The molecule has 0 radical (unpaired) electrons. The second kappa shape index (κ2) is 10.3. The highest BCUT2D eigenvalue weighted by Crippen LogP contribution is 2.41. The summed E-state index contributed by atoms with van der Waals surface area (Å²) < 4.78 is 7.72. The molecule has 3 aromatic heterocycles. The van der Waals surface area contributed by atoms with E-state index in [4.69, 9.17) is 4.74 Å². The average Bonchev–Trinajstić information content (AvgIpc) is 3.71. The lowest BCUT2D eigenvalue weighted by Crippen LogP contribution is -2.34. The van der Waals surface area contributed by atoms with E-state index in [2.05, 4.69) is 39.0 Å². The molecule has 40 heavy (non-hydrogen) atoms. The zero-order chi connectivity index (χ0) is 27.9. The van der Waals surface area contributed by atoms with Gasteiger partial charge in [-0.1, -0.05) is 43.3 Å². The van der Waals surface area contributed by atoms with Crippen LogP contribution in [0.1, 0.15) is 57.9 Å². The number of aromatic carboxylic acids is 1. The Morgan fingerprint density at radius 2 is 1.85 bits per heavy atom. The van der Waals surface area contributed by atoms with Crippen molar-refractivity contribution in [3.05, 3.63) is 83.4 Å². The Bertz CT molecular complexity index is 1570. The van der Waals surface area contributed by atoms with Crippen molar-refractivity contribution in [1.82, 2.24) is 24.5 Å². The third kappa shape index (κ3) is 4.97. The van der Waals surface area contributed by atoms with Crippen LogP contribution >= 0.6 is 0 Å². The molecule has 5 heterocycles. The molecule has 2 aliphatic rings. The molecule has 2 atom stereocenters. The van der Waals surface area contributed by atoms with Gasteiger partial charge in [0.25, 0.3) is 5.91 Å². The Balaban J connectivity index is 1.12. The van der Waals surface area contributed by atoms with Crippen molar-refractivity contribution in [2.24, 2.45) is 5.41 Å². The van der Waals surface area contributed by atoms with Gasteiger partial charge in [0.2, 0.25) is 5.82 Å². The molecule has 1 N–H and O–H groups in total. The molecule has 1 unspecified atom stereocenters. The highest BCUT2D eigenvalue weighted by atomic mass is 16.5. The number of ether oxygens (including phenoxy) is 1. The molecule has 1 amide bonds. The first kappa shape index (κ1) is 25.8. The number of amides is 1. The van der Waals surface area contributed by atoms with E-state index in [0.717, 1.165) is 31.5 Å². The fourth-order valence-electron chi connectivity index (χ4n) is 5.82. The first-order valence-corrected chi connectivity index (χ1v) is 13.6. The molecule has 4 aromatic rings. The quantitative estimate of drug-likeness (QED) is 0.374. The number of nitrogens with zero attached hydrogens (tertiary/aromatic N) is 6. The summed E-state index contributed by atoms with van der Waals surface area (Å²) in [5.74, 6) is 0.545. The molecule has 2 fully saturated rings. The summed E-state index contributed by atoms with van der Waals surface area (Å²) in [7, 11) is 0. The molecule has 206 valence electrons. The van der Waals surface area contributed by atoms with E-state index in [-0.39, 0.29) is 28.8 Å². The molecule has 6 rings (SSSR count). The van der Waals surface area contributed by atoms with Gasteiger partial charge in [-0.05, 0) is 49.1 Å². The van der Waals surface area contributed by atoms with Crippen molar-refractivity contribution in [3.63, 3.8) is 0 Å². The Labute approximate surface area is 232 Å². The Morgan fingerprint density at radius 1 is 1.05 bits per heavy atom. The first-order valence-electron chi connectivity index (χ1n) is 13.6. The lowest BCUT2D eigenvalue weighted by Gasteiger charge is -2.24. The first-order chi connectivity index (χ1) is 19.3. The van der Waals surface area contributed by atoms with Gasteiger partial charge in [-0.25, -0.2) is 19.3 Å². The third-order valence-corrected chi connectivity index (χ3v) is 8.09. The molecule has 1 aromatic carbocycles. The summed E-state index contributed by atoms with van der Waals surface area (Å²) >= 11 is 0. The number of aromatic nitrogens is 4. The second-order valence-electron chi connectivity index (χ2n) is 11.0. The van der Waals surface area contributed by atoms with Crippen molar-refractivity contribution in [2.75, 3.05) is 37.7 Å². The normalized spacial score (nSPS) is 19.4. The van der Waals surface area contributed by atoms with Gasteiger partial charge in [-0.2, -0.15) is 0 Å². The van der Waals surface area contributed by atoms with Gasteiger partial charge in [-0.15, -0.1) is 5.10 Å². The maximum absolute atomic E-state index is 13.5. The zero-order valence-electron chi connectivity index (χ0n) is 22.7. The summed E-state index contributed by atoms with van der Waals surface area (Å²) in [5.41, 5.74) is 2.72. The monoisotopic (exact) mass is 540 g/mol. The number of rotatable bonds is 7. The number of anilines is 1. The molecular formula is C30H32N6O4. The van der Waals surface area contributed by atoms with Crippen molar-refractivity contribution in [2.45, 2.75) is 32.6 Å². The highest BCUT2D eigenvalue weighted by Gasteiger charge is 2.45. The van der Waals surface area contributed by atoms with Crippen LogP contribution in [0.15, 0.2) is 60.8 Å². The molecule has 0 aliphatic carbocycles. The number of likely N-dealkylation sites (tertiary alicyclic amines) is 1. The highest BCUT2D eigenvalue weighted by molar-refractivity contribution is 5.91. The Kier molecular flexibility index (Phi) is 6.61. The predicted octanol–water partition coefficient (Wildman–Crippen LogP) is 4.06. The summed E-state index contributed by atoms with van der Waals surface area (Å²) in [6.45, 7) is 7.34. The van der Waals surface area contributed by atoms with Gasteiger partial charge in [0.1, 0.15) is 11.6 Å².